The molecule has 1 aliphatic rings. The maximum absolute atomic E-state index is 13.0. The molecule has 42 heavy (non-hydrogen) atoms. The zero-order valence-electron chi connectivity index (χ0n) is 22.9. The molecule has 0 saturated carbocycles. The molecule has 1 fully saturated rings. The van der Waals surface area contributed by atoms with Crippen molar-refractivity contribution in [3.8, 4) is 0 Å². The minimum absolute atomic E-state index is 0.0720. The number of nitrogens with zero attached hydrogens (tertiary/aromatic N) is 4. The van der Waals surface area contributed by atoms with Crippen molar-refractivity contribution >= 4 is 33.8 Å². The average Bonchev–Trinajstić information content (AvgIpc) is 3.30. The Labute approximate surface area is 245 Å². The number of esters is 1. The summed E-state index contributed by atoms with van der Waals surface area (Å²) in [7, 11) is 0. The number of carbonyl (C=O) groups excluding carboxylic acids is 2. The first kappa shape index (κ1) is 36.4. The number of nitrogens with two attached hydrogens (primary N) is 1. The molecular formula is C23H31BrF3N7O8. The number of aromatic nitrogens is 2. The summed E-state index contributed by atoms with van der Waals surface area (Å²) < 4.78 is 44.5. The van der Waals surface area contributed by atoms with Crippen molar-refractivity contribution in [2.75, 3.05) is 0 Å². The van der Waals surface area contributed by atoms with Gasteiger partial charge in [-0.1, -0.05) is 39.4 Å². The van der Waals surface area contributed by atoms with Crippen molar-refractivity contribution in [1.29, 1.82) is 0 Å². The summed E-state index contributed by atoms with van der Waals surface area (Å²) in [6.07, 6.45) is -5.39. The molecule has 2 rings (SSSR count). The number of carbonyl (C=O) groups is 3. The highest BCUT2D eigenvalue weighted by molar-refractivity contribution is 9.10. The number of rotatable bonds is 10. The van der Waals surface area contributed by atoms with Crippen LogP contribution in [-0.4, -0.2) is 69.0 Å². The second-order valence-corrected chi connectivity index (χ2v) is 10.5. The van der Waals surface area contributed by atoms with E-state index < -0.39 is 71.8 Å². The Morgan fingerprint density at radius 2 is 1.90 bits per heavy atom. The number of H-pyrrole nitrogens is 1. The van der Waals surface area contributed by atoms with E-state index in [1.165, 1.54) is 12.3 Å². The number of azide groups is 1. The van der Waals surface area contributed by atoms with E-state index in [9.17, 15) is 32.3 Å². The van der Waals surface area contributed by atoms with Gasteiger partial charge in [0.2, 0.25) is 5.91 Å². The van der Waals surface area contributed by atoms with Crippen LogP contribution in [0.3, 0.4) is 0 Å². The number of nitrogens with one attached hydrogen (secondary N) is 2. The van der Waals surface area contributed by atoms with Crippen molar-refractivity contribution in [3.63, 3.8) is 0 Å². The molecule has 1 unspecified atom stereocenters. The Morgan fingerprint density at radius 3 is 2.36 bits per heavy atom. The van der Waals surface area contributed by atoms with E-state index in [0.29, 0.717) is 0 Å². The van der Waals surface area contributed by atoms with Gasteiger partial charge in [-0.3, -0.25) is 19.1 Å². The van der Waals surface area contributed by atoms with Gasteiger partial charge in [-0.2, -0.15) is 13.2 Å². The van der Waals surface area contributed by atoms with Gasteiger partial charge in [-0.05, 0) is 39.4 Å². The standard InChI is InChI=1S/C21H30BrN7O6.C2HF3O2/c1-6-13(34-20(32)16(10(4)5)25-19(31)15(23)9(2)3)17-12(27-28-24)7-14(35-17)29-8-11(22)18(30)26-21(29)33;3-2(4,5)1(6)7/h6,8-10,12-17H,1,7,23H2,2-5H3,(H,25,31)(H,26,30,33);(H,6,7)/t12-,13?,14+,15-,16-,17-;/m0./s1. The Bertz CT molecular complexity index is 1310. The van der Waals surface area contributed by atoms with E-state index in [1.54, 1.807) is 27.7 Å². The van der Waals surface area contributed by atoms with Crippen molar-refractivity contribution in [2.24, 2.45) is 22.7 Å². The Balaban J connectivity index is 0.00000112. The number of amides is 1. The number of ether oxygens (including phenoxy) is 2. The van der Waals surface area contributed by atoms with Crippen molar-refractivity contribution in [2.45, 2.75) is 76.9 Å². The van der Waals surface area contributed by atoms with Crippen LogP contribution in [0.1, 0.15) is 40.3 Å². The fraction of sp³-hybridized carbons (Fsp3) is 0.609. The Kier molecular flexibility index (Phi) is 13.4. The normalized spacial score (nSPS) is 20.4. The van der Waals surface area contributed by atoms with Crippen LogP contribution in [0.2, 0.25) is 0 Å². The second kappa shape index (κ2) is 15.5. The summed E-state index contributed by atoms with van der Waals surface area (Å²) in [5.74, 6) is -4.45. The minimum atomic E-state index is -5.08. The van der Waals surface area contributed by atoms with Gasteiger partial charge in [-0.15, -0.1) is 0 Å². The maximum Gasteiger partial charge on any atom is 0.490 e. The second-order valence-electron chi connectivity index (χ2n) is 9.65. The van der Waals surface area contributed by atoms with E-state index in [-0.39, 0.29) is 22.7 Å². The first-order chi connectivity index (χ1) is 19.3. The molecule has 19 heteroatoms. The van der Waals surface area contributed by atoms with Gasteiger partial charge in [0.05, 0.1) is 16.6 Å². The predicted molar refractivity (Wildman–Crippen MR) is 144 cm³/mol. The molecule has 1 amide bonds. The van der Waals surface area contributed by atoms with Crippen LogP contribution in [0.15, 0.2) is 38.0 Å². The summed E-state index contributed by atoms with van der Waals surface area (Å²) in [4.78, 5) is 63.3. The molecule has 0 aliphatic carbocycles. The molecule has 0 spiro atoms. The first-order valence-corrected chi connectivity index (χ1v) is 13.0. The van der Waals surface area contributed by atoms with E-state index in [0.717, 1.165) is 4.57 Å². The number of carboxylic acids is 1. The predicted octanol–water partition coefficient (Wildman–Crippen LogP) is 2.12. The molecule has 0 bridgehead atoms. The topological polar surface area (TPSA) is 232 Å². The highest BCUT2D eigenvalue weighted by Crippen LogP contribution is 2.33. The summed E-state index contributed by atoms with van der Waals surface area (Å²) in [5.41, 5.74) is 13.6. The molecule has 6 atom stereocenters. The molecule has 2 heterocycles. The van der Waals surface area contributed by atoms with Crippen LogP contribution in [0.5, 0.6) is 0 Å². The van der Waals surface area contributed by atoms with Gasteiger partial charge in [0.1, 0.15) is 24.5 Å². The third-order valence-electron chi connectivity index (χ3n) is 5.86. The van der Waals surface area contributed by atoms with E-state index in [4.69, 9.17) is 30.6 Å². The number of aliphatic carboxylic acids is 1. The SMILES string of the molecule is C=CC(OC(=O)[C@@H](NC(=O)[C@@H](N)C(C)C)C(C)C)[C@H]1O[C@@H](n2cc(Br)c(=O)[nH]c2=O)C[C@@H]1N=[N+]=[N-].O=C(O)C(F)(F)F. The van der Waals surface area contributed by atoms with Gasteiger partial charge in [-0.25, -0.2) is 14.4 Å². The molecular weight excluding hydrogens is 639 g/mol. The lowest BCUT2D eigenvalue weighted by Crippen LogP contribution is -2.53. The monoisotopic (exact) mass is 669 g/mol. The third-order valence-corrected chi connectivity index (χ3v) is 6.43. The lowest BCUT2D eigenvalue weighted by molar-refractivity contribution is -0.192. The third kappa shape index (κ3) is 10.0. The molecule has 15 nitrogen and oxygen atoms in total. The highest BCUT2D eigenvalue weighted by Gasteiger charge is 2.43. The van der Waals surface area contributed by atoms with Gasteiger partial charge in [0.15, 0.2) is 0 Å². The highest BCUT2D eigenvalue weighted by atomic mass is 79.9. The van der Waals surface area contributed by atoms with Crippen LogP contribution < -0.4 is 22.3 Å². The molecule has 1 aromatic heterocycles. The van der Waals surface area contributed by atoms with Gasteiger partial charge < -0.3 is 25.6 Å². The molecule has 234 valence electrons. The van der Waals surface area contributed by atoms with Gasteiger partial charge >= 0.3 is 23.8 Å². The fourth-order valence-corrected chi connectivity index (χ4v) is 3.82. The number of carboxylic acid groups (broad SMARTS) is 1. The first-order valence-electron chi connectivity index (χ1n) is 12.2. The number of hydrogen-bond acceptors (Lipinski definition) is 9. The smallest absolute Gasteiger partial charge is 0.475 e. The van der Waals surface area contributed by atoms with Crippen LogP contribution >= 0.6 is 15.9 Å². The summed E-state index contributed by atoms with van der Waals surface area (Å²) in [6.45, 7) is 10.7. The Hall–Kier alpha value is -3.67. The van der Waals surface area contributed by atoms with Gasteiger partial charge in [0, 0.05) is 17.5 Å². The van der Waals surface area contributed by atoms with E-state index in [1.807, 2.05) is 0 Å². The summed E-state index contributed by atoms with van der Waals surface area (Å²) in [5, 5.41) is 13.5. The molecule has 0 radical (unpaired) electrons. The van der Waals surface area contributed by atoms with Crippen molar-refractivity contribution in [3.05, 3.63) is 54.6 Å². The van der Waals surface area contributed by atoms with Crippen LogP contribution in [0, 0.1) is 11.8 Å². The number of alkyl halides is 3. The number of aromatic amines is 1. The minimum Gasteiger partial charge on any atom is -0.475 e. The zero-order chi connectivity index (χ0) is 32.5. The lowest BCUT2D eigenvalue weighted by atomic mass is 10.0. The molecule has 1 aromatic rings. The Morgan fingerprint density at radius 1 is 1.33 bits per heavy atom. The zero-order valence-corrected chi connectivity index (χ0v) is 24.5. The van der Waals surface area contributed by atoms with Gasteiger partial charge in [0.25, 0.3) is 5.56 Å². The number of hydrogen-bond donors (Lipinski definition) is 4. The van der Waals surface area contributed by atoms with Crippen molar-refractivity contribution < 1.29 is 42.1 Å². The van der Waals surface area contributed by atoms with Crippen LogP contribution in [0.25, 0.3) is 10.4 Å². The van der Waals surface area contributed by atoms with Crippen LogP contribution in [0.4, 0.5) is 13.2 Å². The largest absolute Gasteiger partial charge is 0.490 e. The summed E-state index contributed by atoms with van der Waals surface area (Å²) in [6, 6.07) is -2.62. The molecule has 1 aliphatic heterocycles. The summed E-state index contributed by atoms with van der Waals surface area (Å²) >= 11 is 3.06. The number of halogens is 4. The molecule has 1 saturated heterocycles. The fourth-order valence-electron chi connectivity index (χ4n) is 3.50. The average molecular weight is 670 g/mol. The van der Waals surface area contributed by atoms with Crippen LogP contribution in [-0.2, 0) is 23.9 Å². The van der Waals surface area contributed by atoms with Crippen molar-refractivity contribution in [1.82, 2.24) is 14.9 Å². The molecule has 0 aromatic carbocycles. The lowest BCUT2D eigenvalue weighted by Gasteiger charge is -2.28. The molecule has 5 N–H and O–H groups in total. The van der Waals surface area contributed by atoms with E-state index in [2.05, 4.69) is 42.8 Å². The quantitative estimate of drug-likeness (QED) is 0.0937. The van der Waals surface area contributed by atoms with E-state index >= 15 is 0 Å². The maximum atomic E-state index is 13.0.